The van der Waals surface area contributed by atoms with Gasteiger partial charge in [-0.25, -0.2) is 9.18 Å². The van der Waals surface area contributed by atoms with Gasteiger partial charge < -0.3 is 19.0 Å². The van der Waals surface area contributed by atoms with Crippen LogP contribution < -0.4 is 21.6 Å². The highest BCUT2D eigenvalue weighted by molar-refractivity contribution is 7.17. The van der Waals surface area contributed by atoms with Crippen LogP contribution in [0.4, 0.5) is 4.39 Å². The van der Waals surface area contributed by atoms with Crippen LogP contribution in [0.1, 0.15) is 45.8 Å². The fourth-order valence-corrected chi connectivity index (χ4v) is 4.23. The lowest BCUT2D eigenvalue weighted by Crippen LogP contribution is -2.46. The molecule has 1 aliphatic rings. The SMILES string of the molecule is C[C@H](NOc1ccccc1)C(=O)OCCCCCC(=O)O[C@@H]1[C@@H](CO[PH+]=O)O[C@@H](n2ccc(=O)[nH]c2=O)[C@]1(C)F. The van der Waals surface area contributed by atoms with Gasteiger partial charge in [0.05, 0.1) is 6.61 Å². The molecule has 2 aromatic rings. The van der Waals surface area contributed by atoms with Crippen molar-refractivity contribution in [3.63, 3.8) is 0 Å². The first-order valence-corrected chi connectivity index (χ1v) is 13.4. The summed E-state index contributed by atoms with van der Waals surface area (Å²) in [4.78, 5) is 55.5. The molecule has 1 fully saturated rings. The number of benzene rings is 1. The molecule has 2 N–H and O–H groups in total. The number of halogens is 1. The van der Waals surface area contributed by atoms with Gasteiger partial charge in [-0.3, -0.25) is 23.9 Å². The minimum Gasteiger partial charge on any atom is -0.464 e. The summed E-state index contributed by atoms with van der Waals surface area (Å²) in [6, 6.07) is 9.22. The van der Waals surface area contributed by atoms with Crippen LogP contribution in [0, 0.1) is 0 Å². The number of ether oxygens (including phenoxy) is 3. The zero-order chi connectivity index (χ0) is 29.1. The number of hydrogen-bond donors (Lipinski definition) is 2. The number of alkyl halides is 1. The van der Waals surface area contributed by atoms with E-state index in [-0.39, 0.29) is 19.6 Å². The van der Waals surface area contributed by atoms with E-state index in [1.54, 1.807) is 31.2 Å². The van der Waals surface area contributed by atoms with Gasteiger partial charge in [0.15, 0.2) is 18.0 Å². The maximum Gasteiger partial charge on any atom is 0.494 e. The Hall–Kier alpha value is -3.45. The molecule has 3 rings (SSSR count). The molecule has 1 saturated heterocycles. The van der Waals surface area contributed by atoms with Crippen LogP contribution in [0.15, 0.2) is 52.2 Å². The second kappa shape index (κ2) is 14.8. The molecule has 15 heteroatoms. The van der Waals surface area contributed by atoms with E-state index < -0.39 is 62.0 Å². The van der Waals surface area contributed by atoms with Crippen molar-refractivity contribution in [3.05, 3.63) is 63.4 Å². The number of aromatic amines is 1. The van der Waals surface area contributed by atoms with Crippen LogP contribution in [-0.2, 0) is 32.9 Å². The number of esters is 2. The van der Waals surface area contributed by atoms with Crippen molar-refractivity contribution in [2.75, 3.05) is 13.2 Å². The van der Waals surface area contributed by atoms with Gasteiger partial charge in [-0.15, -0.1) is 10.0 Å². The first kappa shape index (κ1) is 31.1. The van der Waals surface area contributed by atoms with Crippen molar-refractivity contribution in [1.29, 1.82) is 0 Å². The van der Waals surface area contributed by atoms with E-state index in [0.717, 1.165) is 23.8 Å². The van der Waals surface area contributed by atoms with Crippen LogP contribution >= 0.6 is 8.69 Å². The molecule has 0 radical (unpaired) electrons. The normalized spacial score (nSPS) is 23.0. The van der Waals surface area contributed by atoms with E-state index in [2.05, 4.69) is 5.48 Å². The monoisotopic (exact) mass is 584 g/mol. The minimum absolute atomic E-state index is 0.0520. The third-order valence-corrected chi connectivity index (χ3v) is 6.35. The number of unbranched alkanes of at least 4 members (excludes halogenated alkanes) is 2. The summed E-state index contributed by atoms with van der Waals surface area (Å²) in [5.74, 6) is -0.659. The fraction of sp³-hybridized carbons (Fsp3) is 0.520. The topological polar surface area (TPSA) is 164 Å². The lowest BCUT2D eigenvalue weighted by Gasteiger charge is -2.27. The summed E-state index contributed by atoms with van der Waals surface area (Å²) in [5, 5.41) is 0. The number of hydrogen-bond acceptors (Lipinski definition) is 11. The molecule has 0 amide bonds. The van der Waals surface area contributed by atoms with Crippen molar-refractivity contribution >= 4 is 20.6 Å². The van der Waals surface area contributed by atoms with Gasteiger partial charge in [0.25, 0.3) is 5.56 Å². The first-order chi connectivity index (χ1) is 19.1. The maximum atomic E-state index is 15.9. The quantitative estimate of drug-likeness (QED) is 0.136. The molecule has 1 aromatic heterocycles. The van der Waals surface area contributed by atoms with E-state index in [0.29, 0.717) is 25.0 Å². The van der Waals surface area contributed by atoms with E-state index in [9.17, 15) is 23.7 Å². The summed E-state index contributed by atoms with van der Waals surface area (Å²) in [5.41, 5.74) is -1.36. The number of nitrogens with zero attached hydrogens (tertiary/aromatic N) is 1. The molecule has 0 bridgehead atoms. The number of hydroxylamine groups is 1. The number of rotatable bonds is 15. The van der Waals surface area contributed by atoms with Gasteiger partial charge in [-0.2, -0.15) is 0 Å². The molecule has 6 atom stereocenters. The zero-order valence-corrected chi connectivity index (χ0v) is 23.0. The molecule has 1 unspecified atom stereocenters. The number of carbonyl (C=O) groups excluding carboxylic acids is 2. The van der Waals surface area contributed by atoms with Crippen LogP contribution in [0.25, 0.3) is 0 Å². The maximum absolute atomic E-state index is 15.9. The van der Waals surface area contributed by atoms with Gasteiger partial charge in [0.1, 0.15) is 24.5 Å². The molecule has 13 nitrogen and oxygen atoms in total. The van der Waals surface area contributed by atoms with Crippen LogP contribution in [-0.4, -0.2) is 58.6 Å². The van der Waals surface area contributed by atoms with Gasteiger partial charge in [0, 0.05) is 18.7 Å². The van der Waals surface area contributed by atoms with Crippen LogP contribution in [0.5, 0.6) is 5.75 Å². The average Bonchev–Trinajstić information content (AvgIpc) is 3.17. The molecule has 2 heterocycles. The largest absolute Gasteiger partial charge is 0.494 e. The predicted molar refractivity (Wildman–Crippen MR) is 139 cm³/mol. The number of H-pyrrole nitrogens is 1. The molecule has 1 aromatic carbocycles. The predicted octanol–water partition coefficient (Wildman–Crippen LogP) is 2.11. The molecule has 40 heavy (non-hydrogen) atoms. The Morgan fingerprint density at radius 1 is 1.20 bits per heavy atom. The van der Waals surface area contributed by atoms with Crippen LogP contribution in [0.3, 0.4) is 0 Å². The smallest absolute Gasteiger partial charge is 0.464 e. The number of nitrogens with one attached hydrogen (secondary N) is 2. The van der Waals surface area contributed by atoms with Gasteiger partial charge in [0.2, 0.25) is 0 Å². The number of aromatic nitrogens is 2. The molecule has 0 aliphatic carbocycles. The van der Waals surface area contributed by atoms with Crippen molar-refractivity contribution in [2.45, 2.75) is 69.7 Å². The highest BCUT2D eigenvalue weighted by atomic mass is 31.1. The van der Waals surface area contributed by atoms with E-state index in [1.165, 1.54) is 0 Å². The summed E-state index contributed by atoms with van der Waals surface area (Å²) >= 11 is 0. The highest BCUT2D eigenvalue weighted by Crippen LogP contribution is 2.42. The van der Waals surface area contributed by atoms with Gasteiger partial charge >= 0.3 is 26.3 Å². The summed E-state index contributed by atoms with van der Waals surface area (Å²) in [7, 11) is -1.16. The molecule has 0 spiro atoms. The fourth-order valence-electron chi connectivity index (χ4n) is 4.00. The highest BCUT2D eigenvalue weighted by Gasteiger charge is 2.58. The van der Waals surface area contributed by atoms with Crippen LogP contribution in [0.2, 0.25) is 0 Å². The van der Waals surface area contributed by atoms with Gasteiger partial charge in [-0.05, 0) is 49.8 Å². The third-order valence-electron chi connectivity index (χ3n) is 6.07. The van der Waals surface area contributed by atoms with Crippen molar-refractivity contribution < 1.29 is 42.1 Å². The summed E-state index contributed by atoms with van der Waals surface area (Å²) in [6.45, 7) is 2.47. The van der Waals surface area contributed by atoms with Crippen molar-refractivity contribution in [2.24, 2.45) is 0 Å². The van der Waals surface area contributed by atoms with E-state index >= 15 is 4.39 Å². The average molecular weight is 585 g/mol. The zero-order valence-electron chi connectivity index (χ0n) is 22.0. The lowest BCUT2D eigenvalue weighted by molar-refractivity contribution is -0.158. The van der Waals surface area contributed by atoms with E-state index in [4.69, 9.17) is 23.6 Å². The number of para-hydroxylation sites is 1. The number of carbonyl (C=O) groups is 2. The standard InChI is InChI=1S/C25H31FN3O10P/c1-16(28-39-17-9-5-3-6-10-17)22(32)35-14-8-4-7-11-20(31)38-21-18(15-36-40-34)37-23(25(21,2)26)29-13-12-19(30)27-24(29)33/h3,5-6,9-10,12-13,16,18,21,23,28,40H,4,7-8,11,14-15H2,1-2H3/p+1/t16-,18+,21+,23+,25+/m0/s1. The Morgan fingerprint density at radius 2 is 1.95 bits per heavy atom. The van der Waals surface area contributed by atoms with Crippen molar-refractivity contribution in [1.82, 2.24) is 15.0 Å². The second-order valence-electron chi connectivity index (χ2n) is 9.23. The minimum atomic E-state index is -2.39. The Bertz CT molecular complexity index is 1260. The molecule has 218 valence electrons. The first-order valence-electron chi connectivity index (χ1n) is 12.6. The Morgan fingerprint density at radius 3 is 2.65 bits per heavy atom. The Labute approximate surface area is 230 Å². The summed E-state index contributed by atoms with van der Waals surface area (Å²) < 4.78 is 48.6. The molecular weight excluding hydrogens is 552 g/mol. The summed E-state index contributed by atoms with van der Waals surface area (Å²) in [6.07, 6.45) is -1.77. The molecular formula is C25H32FN3O10P+. The third kappa shape index (κ3) is 8.52. The van der Waals surface area contributed by atoms with Crippen molar-refractivity contribution in [3.8, 4) is 5.75 Å². The van der Waals surface area contributed by atoms with E-state index in [1.807, 2.05) is 11.1 Å². The Kier molecular flexibility index (Phi) is 11.5. The molecule has 1 aliphatic heterocycles. The second-order valence-corrected chi connectivity index (χ2v) is 9.69. The Balaban J connectivity index is 1.43. The van der Waals surface area contributed by atoms with Gasteiger partial charge in [-0.1, -0.05) is 18.2 Å². The lowest BCUT2D eigenvalue weighted by atomic mass is 9.98. The molecule has 0 saturated carbocycles.